The zero-order valence-corrected chi connectivity index (χ0v) is 15.5. The summed E-state index contributed by atoms with van der Waals surface area (Å²) in [6, 6.07) is 7.41. The number of ether oxygens (including phenoxy) is 1. The summed E-state index contributed by atoms with van der Waals surface area (Å²) >= 11 is 1.52. The van der Waals surface area contributed by atoms with Crippen molar-refractivity contribution < 1.29 is 14.3 Å². The maximum Gasteiger partial charge on any atom is 0.341 e. The molecule has 0 unspecified atom stereocenters. The Bertz CT molecular complexity index is 777. The molecule has 0 spiro atoms. The summed E-state index contributed by atoms with van der Waals surface area (Å²) in [6.45, 7) is 4.11. The lowest BCUT2D eigenvalue weighted by Crippen LogP contribution is -2.15. The Kier molecular flexibility index (Phi) is 5.53. The number of nitrogens with one attached hydrogen (secondary N) is 1. The average molecular weight is 357 g/mol. The van der Waals surface area contributed by atoms with Crippen molar-refractivity contribution in [2.75, 3.05) is 11.9 Å². The minimum Gasteiger partial charge on any atom is -0.462 e. The van der Waals surface area contributed by atoms with Gasteiger partial charge in [-0.3, -0.25) is 4.79 Å². The summed E-state index contributed by atoms with van der Waals surface area (Å²) in [7, 11) is 0. The molecule has 0 fully saturated rings. The van der Waals surface area contributed by atoms with Gasteiger partial charge in [0.2, 0.25) is 0 Å². The van der Waals surface area contributed by atoms with Crippen LogP contribution < -0.4 is 5.32 Å². The molecular formula is C20H23NO3S. The molecule has 1 aromatic carbocycles. The molecule has 0 saturated heterocycles. The van der Waals surface area contributed by atoms with Crippen LogP contribution in [0.25, 0.3) is 0 Å². The van der Waals surface area contributed by atoms with Crippen molar-refractivity contribution >= 4 is 28.2 Å². The number of carbonyl (C=O) groups is 2. The van der Waals surface area contributed by atoms with Crippen LogP contribution in [0.1, 0.15) is 62.9 Å². The number of thiophene rings is 1. The lowest BCUT2D eigenvalue weighted by molar-refractivity contribution is 0.0527. The third kappa shape index (κ3) is 3.93. The molecule has 3 rings (SSSR count). The minimum atomic E-state index is -0.332. The Morgan fingerprint density at radius 3 is 2.56 bits per heavy atom. The van der Waals surface area contributed by atoms with Crippen molar-refractivity contribution in [2.24, 2.45) is 0 Å². The van der Waals surface area contributed by atoms with Gasteiger partial charge in [0.15, 0.2) is 0 Å². The summed E-state index contributed by atoms with van der Waals surface area (Å²) in [6.07, 6.45) is 5.21. The zero-order chi connectivity index (χ0) is 17.8. The van der Waals surface area contributed by atoms with Crippen LogP contribution in [0.3, 0.4) is 0 Å². The molecule has 1 aliphatic carbocycles. The fraction of sp³-hybridized carbons (Fsp3) is 0.400. The van der Waals surface area contributed by atoms with Gasteiger partial charge < -0.3 is 10.1 Å². The lowest BCUT2D eigenvalue weighted by atomic mass is 10.1. The normalized spacial score (nSPS) is 13.7. The molecule has 0 saturated carbocycles. The Morgan fingerprint density at radius 2 is 1.84 bits per heavy atom. The fourth-order valence-electron chi connectivity index (χ4n) is 3.13. The second kappa shape index (κ2) is 7.83. The molecule has 1 heterocycles. The van der Waals surface area contributed by atoms with E-state index in [2.05, 4.69) is 5.32 Å². The van der Waals surface area contributed by atoms with E-state index in [1.165, 1.54) is 22.6 Å². The highest BCUT2D eigenvalue weighted by Crippen LogP contribution is 2.38. The second-order valence-corrected chi connectivity index (χ2v) is 7.41. The van der Waals surface area contributed by atoms with Gasteiger partial charge in [-0.1, -0.05) is 24.1 Å². The van der Waals surface area contributed by atoms with Crippen LogP contribution in [0.5, 0.6) is 0 Å². The summed E-state index contributed by atoms with van der Waals surface area (Å²) in [4.78, 5) is 26.3. The molecule has 1 amide bonds. The van der Waals surface area contributed by atoms with Crippen LogP contribution in [0.15, 0.2) is 24.3 Å². The molecule has 1 aliphatic rings. The van der Waals surface area contributed by atoms with Crippen molar-refractivity contribution in [1.29, 1.82) is 0 Å². The number of hydrogen-bond donors (Lipinski definition) is 1. The number of amides is 1. The van der Waals surface area contributed by atoms with Crippen molar-refractivity contribution in [3.63, 3.8) is 0 Å². The maximum atomic E-state index is 12.6. The van der Waals surface area contributed by atoms with Gasteiger partial charge in [0.05, 0.1) is 12.2 Å². The average Bonchev–Trinajstić information content (AvgIpc) is 2.76. The van der Waals surface area contributed by atoms with Crippen molar-refractivity contribution in [3.05, 3.63) is 51.4 Å². The number of aryl methyl sites for hydroxylation is 2. The number of carbonyl (C=O) groups excluding carboxylic acids is 2. The van der Waals surface area contributed by atoms with Gasteiger partial charge in [0.1, 0.15) is 5.00 Å². The first-order valence-electron chi connectivity index (χ1n) is 8.79. The van der Waals surface area contributed by atoms with E-state index in [9.17, 15) is 9.59 Å². The smallest absolute Gasteiger partial charge is 0.341 e. The van der Waals surface area contributed by atoms with Gasteiger partial charge in [-0.05, 0) is 57.2 Å². The third-order valence-corrected chi connectivity index (χ3v) is 5.65. The van der Waals surface area contributed by atoms with Gasteiger partial charge in [-0.15, -0.1) is 11.3 Å². The van der Waals surface area contributed by atoms with Crippen molar-refractivity contribution in [2.45, 2.75) is 46.0 Å². The number of anilines is 1. The van der Waals surface area contributed by atoms with Crippen LogP contribution in [0.2, 0.25) is 0 Å². The molecule has 0 atom stereocenters. The van der Waals surface area contributed by atoms with Crippen LogP contribution in [-0.4, -0.2) is 18.5 Å². The maximum absolute atomic E-state index is 12.6. The van der Waals surface area contributed by atoms with Gasteiger partial charge in [0, 0.05) is 10.4 Å². The fourth-order valence-corrected chi connectivity index (χ4v) is 4.40. The lowest BCUT2D eigenvalue weighted by Gasteiger charge is -2.08. The molecule has 1 N–H and O–H groups in total. The van der Waals surface area contributed by atoms with E-state index in [1.807, 2.05) is 19.1 Å². The van der Waals surface area contributed by atoms with Crippen LogP contribution in [-0.2, 0) is 17.6 Å². The third-order valence-electron chi connectivity index (χ3n) is 4.44. The van der Waals surface area contributed by atoms with E-state index in [1.54, 1.807) is 19.1 Å². The van der Waals surface area contributed by atoms with E-state index < -0.39 is 0 Å². The van der Waals surface area contributed by atoms with E-state index in [4.69, 9.17) is 4.74 Å². The molecule has 0 aliphatic heterocycles. The zero-order valence-electron chi connectivity index (χ0n) is 14.7. The van der Waals surface area contributed by atoms with Gasteiger partial charge in [-0.25, -0.2) is 4.79 Å². The largest absolute Gasteiger partial charge is 0.462 e. The molecule has 2 aromatic rings. The van der Waals surface area contributed by atoms with Crippen LogP contribution in [0.4, 0.5) is 5.00 Å². The summed E-state index contributed by atoms with van der Waals surface area (Å²) in [5.74, 6) is -0.525. The predicted octanol–water partition coefficient (Wildman–Crippen LogP) is 4.75. The molecular weight excluding hydrogens is 334 g/mol. The molecule has 0 bridgehead atoms. The minimum absolute atomic E-state index is 0.193. The molecule has 132 valence electrons. The highest BCUT2D eigenvalue weighted by molar-refractivity contribution is 7.17. The highest BCUT2D eigenvalue weighted by atomic mass is 32.1. The molecule has 0 radical (unpaired) electrons. The number of benzene rings is 1. The van der Waals surface area contributed by atoms with Gasteiger partial charge in [-0.2, -0.15) is 0 Å². The SMILES string of the molecule is CCOC(=O)c1c(NC(=O)c2ccc(C)cc2)sc2c1CCCCC2. The van der Waals surface area contributed by atoms with E-state index >= 15 is 0 Å². The molecule has 5 heteroatoms. The van der Waals surface area contributed by atoms with Crippen molar-refractivity contribution in [1.82, 2.24) is 0 Å². The number of hydrogen-bond acceptors (Lipinski definition) is 4. The summed E-state index contributed by atoms with van der Waals surface area (Å²) in [5.41, 5.74) is 3.32. The number of rotatable bonds is 4. The van der Waals surface area contributed by atoms with E-state index in [-0.39, 0.29) is 11.9 Å². The van der Waals surface area contributed by atoms with E-state index in [0.29, 0.717) is 22.7 Å². The van der Waals surface area contributed by atoms with E-state index in [0.717, 1.165) is 36.8 Å². The standard InChI is InChI=1S/C20H23NO3S/c1-3-24-20(23)17-15-7-5-4-6-8-16(15)25-19(17)21-18(22)14-11-9-13(2)10-12-14/h9-12H,3-8H2,1-2H3,(H,21,22). The molecule has 25 heavy (non-hydrogen) atoms. The Labute approximate surface area is 152 Å². The highest BCUT2D eigenvalue weighted by Gasteiger charge is 2.26. The van der Waals surface area contributed by atoms with Crippen molar-refractivity contribution in [3.8, 4) is 0 Å². The first-order valence-corrected chi connectivity index (χ1v) is 9.61. The predicted molar refractivity (Wildman–Crippen MR) is 101 cm³/mol. The first-order chi connectivity index (χ1) is 12.1. The number of esters is 1. The Hall–Kier alpha value is -2.14. The Morgan fingerprint density at radius 1 is 1.12 bits per heavy atom. The molecule has 1 aromatic heterocycles. The van der Waals surface area contributed by atoms with Gasteiger partial charge >= 0.3 is 5.97 Å². The quantitative estimate of drug-likeness (QED) is 0.634. The van der Waals surface area contributed by atoms with Crippen LogP contribution in [0, 0.1) is 6.92 Å². The first kappa shape index (κ1) is 17.7. The monoisotopic (exact) mass is 357 g/mol. The van der Waals surface area contributed by atoms with Crippen LogP contribution >= 0.6 is 11.3 Å². The van der Waals surface area contributed by atoms with Gasteiger partial charge in [0.25, 0.3) is 5.91 Å². The summed E-state index contributed by atoms with van der Waals surface area (Å²) in [5, 5.41) is 3.56. The topological polar surface area (TPSA) is 55.4 Å². The Balaban J connectivity index is 1.93. The molecule has 4 nitrogen and oxygen atoms in total. The number of fused-ring (bicyclic) bond motifs is 1. The summed E-state index contributed by atoms with van der Waals surface area (Å²) < 4.78 is 5.25. The second-order valence-electron chi connectivity index (χ2n) is 6.31.